The molecule has 5 rings (SSSR count). The van der Waals surface area contributed by atoms with E-state index in [0.29, 0.717) is 35.6 Å². The highest BCUT2D eigenvalue weighted by molar-refractivity contribution is 7.98. The van der Waals surface area contributed by atoms with Gasteiger partial charge in [0.1, 0.15) is 12.0 Å². The van der Waals surface area contributed by atoms with Gasteiger partial charge in [-0.2, -0.15) is 0 Å². The summed E-state index contributed by atoms with van der Waals surface area (Å²) in [5.74, 6) is -0.0701. The number of ketones is 1. The van der Waals surface area contributed by atoms with Crippen molar-refractivity contribution in [1.82, 2.24) is 5.32 Å². The molecule has 1 heterocycles. The molecule has 0 bridgehead atoms. The summed E-state index contributed by atoms with van der Waals surface area (Å²) in [6.45, 7) is 4.27. The molecule has 3 unspecified atom stereocenters. The van der Waals surface area contributed by atoms with Gasteiger partial charge in [-0.25, -0.2) is 0 Å². The van der Waals surface area contributed by atoms with Gasteiger partial charge in [0, 0.05) is 34.2 Å². The number of rotatable bonds is 7. The molecule has 0 amide bonds. The molecule has 1 fully saturated rings. The quantitative estimate of drug-likeness (QED) is 0.339. The maximum Gasteiger partial charge on any atom is 0.316 e. The number of ether oxygens (including phenoxy) is 3. The lowest BCUT2D eigenvalue weighted by Crippen LogP contribution is -2.42. The van der Waals surface area contributed by atoms with Crippen molar-refractivity contribution in [1.29, 1.82) is 0 Å². The fourth-order valence-corrected chi connectivity index (χ4v) is 6.49. The highest BCUT2D eigenvalue weighted by Crippen LogP contribution is 2.48. The van der Waals surface area contributed by atoms with Crippen LogP contribution in [0, 0.1) is 5.92 Å². The highest BCUT2D eigenvalue weighted by atomic mass is 32.2. The van der Waals surface area contributed by atoms with E-state index in [-0.39, 0.29) is 23.8 Å². The van der Waals surface area contributed by atoms with Crippen LogP contribution in [-0.4, -0.2) is 38.3 Å². The van der Waals surface area contributed by atoms with Crippen LogP contribution >= 0.6 is 11.8 Å². The Morgan fingerprint density at radius 2 is 1.66 bits per heavy atom. The second-order valence-corrected chi connectivity index (χ2v) is 11.1. The molecule has 2 aromatic rings. The van der Waals surface area contributed by atoms with E-state index in [1.54, 1.807) is 26.0 Å². The molecule has 0 aromatic heterocycles. The molecule has 6 nitrogen and oxygen atoms in total. The Bertz CT molecular complexity index is 1260. The Kier molecular flexibility index (Phi) is 7.84. The van der Waals surface area contributed by atoms with E-state index in [2.05, 4.69) is 11.9 Å². The van der Waals surface area contributed by atoms with Gasteiger partial charge in [-0.3, -0.25) is 9.59 Å². The van der Waals surface area contributed by atoms with Crippen LogP contribution < -0.4 is 14.8 Å². The number of hydrogen-bond donors (Lipinski definition) is 1. The van der Waals surface area contributed by atoms with Crippen LogP contribution in [0.4, 0.5) is 0 Å². The molecule has 0 radical (unpaired) electrons. The molecule has 2 aliphatic carbocycles. The van der Waals surface area contributed by atoms with Crippen LogP contribution in [0.15, 0.2) is 70.9 Å². The zero-order valence-corrected chi connectivity index (χ0v) is 23.1. The average molecular weight is 534 g/mol. The Morgan fingerprint density at radius 3 is 2.32 bits per heavy atom. The zero-order valence-electron chi connectivity index (χ0n) is 22.3. The molecule has 1 aliphatic heterocycles. The molecule has 3 aliphatic rings. The third-order valence-corrected chi connectivity index (χ3v) is 8.78. The minimum Gasteiger partial charge on any atom is -0.493 e. The molecule has 3 atom stereocenters. The van der Waals surface area contributed by atoms with Gasteiger partial charge in [-0.05, 0) is 79.7 Å². The molecule has 200 valence electrons. The van der Waals surface area contributed by atoms with Crippen LogP contribution in [0.25, 0.3) is 0 Å². The summed E-state index contributed by atoms with van der Waals surface area (Å²) in [5.41, 5.74) is 4.06. The number of carbonyl (C=O) groups excluding carboxylic acids is 2. The zero-order chi connectivity index (χ0) is 26.8. The molecular weight excluding hydrogens is 498 g/mol. The van der Waals surface area contributed by atoms with Gasteiger partial charge in [-0.1, -0.05) is 24.8 Å². The lowest BCUT2D eigenvalue weighted by Gasteiger charge is -2.40. The van der Waals surface area contributed by atoms with Crippen molar-refractivity contribution in [2.24, 2.45) is 5.92 Å². The standard InChI is InChI=1S/C31H35NO5S/c1-18-28(31(34)37-22-7-5-6-8-22)29(19-9-12-23(38-4)13-10-19)30-24(32-18)15-21(16-25(30)33)20-11-14-26(35-2)27(17-20)36-3/h9-14,17,21-22,28-29,32H,1,5-8,15-16H2,2-4H3. The number of allylic oxidation sites excluding steroid dienone is 2. The van der Waals surface area contributed by atoms with E-state index in [9.17, 15) is 9.59 Å². The SMILES string of the molecule is C=C1NC2=C(C(=O)CC(c3ccc(OC)c(OC)c3)C2)C(c2ccc(SC)cc2)C1C(=O)OC1CCCC1. The number of esters is 1. The van der Waals surface area contributed by atoms with Crippen molar-refractivity contribution in [2.75, 3.05) is 20.5 Å². The second kappa shape index (κ2) is 11.3. The van der Waals surface area contributed by atoms with Crippen LogP contribution in [0.5, 0.6) is 11.5 Å². The second-order valence-electron chi connectivity index (χ2n) is 10.3. The predicted molar refractivity (Wildman–Crippen MR) is 149 cm³/mol. The summed E-state index contributed by atoms with van der Waals surface area (Å²) in [6, 6.07) is 14.0. The Morgan fingerprint density at radius 1 is 0.974 bits per heavy atom. The Hall–Kier alpha value is -3.19. The Labute approximate surface area is 228 Å². The first-order valence-electron chi connectivity index (χ1n) is 13.2. The molecular formula is C31H35NO5S. The van der Waals surface area contributed by atoms with E-state index in [1.807, 2.05) is 48.7 Å². The van der Waals surface area contributed by atoms with Gasteiger partial charge < -0.3 is 19.5 Å². The van der Waals surface area contributed by atoms with E-state index in [1.165, 1.54) is 0 Å². The van der Waals surface area contributed by atoms with Crippen molar-refractivity contribution >= 4 is 23.5 Å². The number of methoxy groups -OCH3 is 2. The van der Waals surface area contributed by atoms with Crippen molar-refractivity contribution in [2.45, 2.75) is 61.4 Å². The van der Waals surface area contributed by atoms with Crippen molar-refractivity contribution in [3.05, 3.63) is 77.1 Å². The van der Waals surface area contributed by atoms with Crippen molar-refractivity contribution in [3.8, 4) is 11.5 Å². The summed E-state index contributed by atoms with van der Waals surface area (Å²) in [6.07, 6.45) is 6.91. The summed E-state index contributed by atoms with van der Waals surface area (Å²) >= 11 is 1.66. The molecule has 7 heteroatoms. The van der Waals surface area contributed by atoms with Crippen LogP contribution in [0.1, 0.15) is 61.5 Å². The summed E-state index contributed by atoms with van der Waals surface area (Å²) in [5, 5.41) is 3.38. The minimum atomic E-state index is -0.656. The third kappa shape index (κ3) is 5.08. The van der Waals surface area contributed by atoms with Gasteiger partial charge in [-0.15, -0.1) is 11.8 Å². The van der Waals surface area contributed by atoms with E-state index < -0.39 is 11.8 Å². The average Bonchev–Trinajstić information content (AvgIpc) is 3.44. The first-order chi connectivity index (χ1) is 18.4. The third-order valence-electron chi connectivity index (χ3n) is 8.03. The van der Waals surface area contributed by atoms with Crippen molar-refractivity contribution in [3.63, 3.8) is 0 Å². The maximum atomic E-state index is 13.9. The fraction of sp³-hybridized carbons (Fsp3) is 0.419. The molecule has 0 saturated heterocycles. The number of Topliss-reactive ketones (excluding diaryl/α,β-unsaturated/α-hetero) is 1. The number of hydrogen-bond acceptors (Lipinski definition) is 7. The first-order valence-corrected chi connectivity index (χ1v) is 14.4. The molecule has 38 heavy (non-hydrogen) atoms. The monoisotopic (exact) mass is 533 g/mol. The van der Waals surface area contributed by atoms with Crippen LogP contribution in [0.2, 0.25) is 0 Å². The topological polar surface area (TPSA) is 73.9 Å². The summed E-state index contributed by atoms with van der Waals surface area (Å²) < 4.78 is 16.9. The number of carbonyl (C=O) groups is 2. The van der Waals surface area contributed by atoms with Gasteiger partial charge in [0.2, 0.25) is 0 Å². The maximum absolute atomic E-state index is 13.9. The normalized spacial score (nSPS) is 23.6. The summed E-state index contributed by atoms with van der Waals surface area (Å²) in [4.78, 5) is 28.6. The largest absolute Gasteiger partial charge is 0.493 e. The van der Waals surface area contributed by atoms with Crippen molar-refractivity contribution < 1.29 is 23.8 Å². The van der Waals surface area contributed by atoms with Crippen LogP contribution in [-0.2, 0) is 14.3 Å². The van der Waals surface area contributed by atoms with E-state index >= 15 is 0 Å². The molecule has 1 saturated carbocycles. The lowest BCUT2D eigenvalue weighted by atomic mass is 9.69. The molecule has 2 aromatic carbocycles. The predicted octanol–water partition coefficient (Wildman–Crippen LogP) is 6.13. The molecule has 1 N–H and O–H groups in total. The van der Waals surface area contributed by atoms with E-state index in [0.717, 1.165) is 47.4 Å². The van der Waals surface area contributed by atoms with Crippen LogP contribution in [0.3, 0.4) is 0 Å². The summed E-state index contributed by atoms with van der Waals surface area (Å²) in [7, 11) is 3.22. The lowest BCUT2D eigenvalue weighted by molar-refractivity contribution is -0.153. The fourth-order valence-electron chi connectivity index (χ4n) is 6.08. The Balaban J connectivity index is 1.52. The number of thioether (sulfide) groups is 1. The van der Waals surface area contributed by atoms with Gasteiger partial charge in [0.15, 0.2) is 17.3 Å². The van der Waals surface area contributed by atoms with E-state index in [4.69, 9.17) is 14.2 Å². The number of benzene rings is 2. The first kappa shape index (κ1) is 26.4. The highest BCUT2D eigenvalue weighted by Gasteiger charge is 2.46. The molecule has 0 spiro atoms. The van der Waals surface area contributed by atoms with Gasteiger partial charge in [0.25, 0.3) is 0 Å². The van der Waals surface area contributed by atoms with Gasteiger partial charge >= 0.3 is 5.97 Å². The minimum absolute atomic E-state index is 0.0251. The van der Waals surface area contributed by atoms with Gasteiger partial charge in [0.05, 0.1) is 14.2 Å². The number of nitrogens with one attached hydrogen (secondary N) is 1. The smallest absolute Gasteiger partial charge is 0.316 e.